The summed E-state index contributed by atoms with van der Waals surface area (Å²) in [4.78, 5) is 0. The van der Waals surface area contributed by atoms with Crippen LogP contribution in [0.15, 0.2) is 0 Å². The van der Waals surface area contributed by atoms with Crippen molar-refractivity contribution in [3.05, 3.63) is 0 Å². The molecule has 0 amide bonds. The summed E-state index contributed by atoms with van der Waals surface area (Å²) < 4.78 is 11.7. The molecule has 0 spiro atoms. The molecule has 0 radical (unpaired) electrons. The lowest BCUT2D eigenvalue weighted by molar-refractivity contribution is -0.305. The van der Waals surface area contributed by atoms with Gasteiger partial charge in [0.1, 0.15) is 0 Å². The summed E-state index contributed by atoms with van der Waals surface area (Å²) in [6.45, 7) is 6.42. The van der Waals surface area contributed by atoms with Crippen LogP contribution in [-0.2, 0) is 9.47 Å². The van der Waals surface area contributed by atoms with E-state index >= 15 is 0 Å². The first-order valence-corrected chi connectivity index (χ1v) is 5.98. The quantitative estimate of drug-likeness (QED) is 0.780. The van der Waals surface area contributed by atoms with Gasteiger partial charge in [0.15, 0.2) is 5.79 Å². The van der Waals surface area contributed by atoms with Crippen molar-refractivity contribution in [1.29, 1.82) is 0 Å². The van der Waals surface area contributed by atoms with Crippen LogP contribution < -0.4 is 0 Å². The highest BCUT2D eigenvalue weighted by atomic mass is 16.7. The predicted octanol–water partition coefficient (Wildman–Crippen LogP) is 1.93. The molecule has 2 fully saturated rings. The number of aliphatic hydroxyl groups is 1. The molecule has 0 aromatic rings. The van der Waals surface area contributed by atoms with Crippen molar-refractivity contribution in [1.82, 2.24) is 0 Å². The fourth-order valence-corrected chi connectivity index (χ4v) is 2.60. The van der Waals surface area contributed by atoms with Gasteiger partial charge in [-0.1, -0.05) is 6.92 Å². The zero-order valence-electron chi connectivity index (χ0n) is 9.90. The van der Waals surface area contributed by atoms with Crippen LogP contribution in [0.5, 0.6) is 0 Å². The summed E-state index contributed by atoms with van der Waals surface area (Å²) in [5.41, 5.74) is 0. The van der Waals surface area contributed by atoms with E-state index in [1.54, 1.807) is 0 Å². The Bertz CT molecular complexity index is 227. The summed E-state index contributed by atoms with van der Waals surface area (Å²) in [6.07, 6.45) is 3.45. The lowest BCUT2D eigenvalue weighted by Crippen LogP contribution is -2.45. The van der Waals surface area contributed by atoms with Crippen LogP contribution in [-0.4, -0.2) is 29.7 Å². The smallest absolute Gasteiger partial charge is 0.163 e. The molecule has 1 aliphatic carbocycles. The normalized spacial score (nSPS) is 44.0. The van der Waals surface area contributed by atoms with Gasteiger partial charge in [-0.25, -0.2) is 0 Å². The first-order chi connectivity index (χ1) is 7.02. The monoisotopic (exact) mass is 214 g/mol. The molecule has 0 aromatic heterocycles. The standard InChI is InChI=1S/C12H22O3/c1-8-6-10(8)11-7-9(4-5-13)14-12(2,3)15-11/h8-11,13H,4-7H2,1-3H3/t8-,9-,10-,11-/m0/s1. The Labute approximate surface area is 91.8 Å². The van der Waals surface area contributed by atoms with Crippen molar-refractivity contribution in [3.63, 3.8) is 0 Å². The van der Waals surface area contributed by atoms with Crippen LogP contribution in [0.1, 0.15) is 40.0 Å². The molecule has 1 heterocycles. The summed E-state index contributed by atoms with van der Waals surface area (Å²) >= 11 is 0. The van der Waals surface area contributed by atoms with Gasteiger partial charge in [0, 0.05) is 13.0 Å². The topological polar surface area (TPSA) is 38.7 Å². The van der Waals surface area contributed by atoms with Crippen molar-refractivity contribution in [3.8, 4) is 0 Å². The summed E-state index contributed by atoms with van der Waals surface area (Å²) in [5.74, 6) is 1.04. The fraction of sp³-hybridized carbons (Fsp3) is 1.00. The third-order valence-electron chi connectivity index (χ3n) is 3.48. The molecule has 1 N–H and O–H groups in total. The molecule has 0 bridgehead atoms. The van der Waals surface area contributed by atoms with Gasteiger partial charge < -0.3 is 14.6 Å². The van der Waals surface area contributed by atoms with E-state index in [4.69, 9.17) is 14.6 Å². The van der Waals surface area contributed by atoms with Gasteiger partial charge in [-0.15, -0.1) is 0 Å². The SMILES string of the molecule is C[C@H]1C[C@@H]1[C@@H]1C[C@H](CCO)OC(C)(C)O1. The van der Waals surface area contributed by atoms with Crippen LogP contribution >= 0.6 is 0 Å². The van der Waals surface area contributed by atoms with Gasteiger partial charge in [0.05, 0.1) is 12.2 Å². The van der Waals surface area contributed by atoms with E-state index in [1.807, 2.05) is 13.8 Å². The van der Waals surface area contributed by atoms with Crippen molar-refractivity contribution in [2.24, 2.45) is 11.8 Å². The minimum atomic E-state index is -0.481. The highest BCUT2D eigenvalue weighted by Crippen LogP contribution is 2.46. The van der Waals surface area contributed by atoms with Crippen LogP contribution in [0.4, 0.5) is 0 Å². The molecule has 15 heavy (non-hydrogen) atoms. The van der Waals surface area contributed by atoms with Crippen LogP contribution in [0.25, 0.3) is 0 Å². The molecule has 1 saturated carbocycles. The van der Waals surface area contributed by atoms with E-state index in [0.29, 0.717) is 6.10 Å². The summed E-state index contributed by atoms with van der Waals surface area (Å²) in [5, 5.41) is 8.96. The maximum Gasteiger partial charge on any atom is 0.163 e. The van der Waals surface area contributed by atoms with Gasteiger partial charge in [-0.05, 0) is 38.5 Å². The van der Waals surface area contributed by atoms with Crippen LogP contribution in [0, 0.1) is 11.8 Å². The van der Waals surface area contributed by atoms with E-state index in [1.165, 1.54) is 6.42 Å². The van der Waals surface area contributed by atoms with E-state index in [0.717, 1.165) is 24.7 Å². The Morgan fingerprint density at radius 1 is 1.27 bits per heavy atom. The molecule has 1 aliphatic heterocycles. The van der Waals surface area contributed by atoms with Crippen LogP contribution in [0.2, 0.25) is 0 Å². The highest BCUT2D eigenvalue weighted by Gasteiger charge is 2.46. The third-order valence-corrected chi connectivity index (χ3v) is 3.48. The Balaban J connectivity index is 1.95. The second kappa shape index (κ2) is 4.04. The molecule has 2 aliphatic rings. The maximum absolute atomic E-state index is 8.96. The van der Waals surface area contributed by atoms with E-state index in [-0.39, 0.29) is 12.7 Å². The van der Waals surface area contributed by atoms with Crippen molar-refractivity contribution >= 4 is 0 Å². The average molecular weight is 214 g/mol. The molecule has 88 valence electrons. The van der Waals surface area contributed by atoms with Gasteiger partial charge in [0.2, 0.25) is 0 Å². The summed E-state index contributed by atoms with van der Waals surface area (Å²) in [6, 6.07) is 0. The predicted molar refractivity (Wildman–Crippen MR) is 57.4 cm³/mol. The molecule has 0 unspecified atom stereocenters. The molecule has 0 aromatic carbocycles. The third kappa shape index (κ3) is 2.71. The molecule has 1 saturated heterocycles. The van der Waals surface area contributed by atoms with Crippen molar-refractivity contribution in [2.75, 3.05) is 6.61 Å². The first kappa shape index (κ1) is 11.4. The van der Waals surface area contributed by atoms with Gasteiger partial charge in [0.25, 0.3) is 0 Å². The largest absolute Gasteiger partial charge is 0.396 e. The number of ether oxygens (including phenoxy) is 2. The van der Waals surface area contributed by atoms with Crippen LogP contribution in [0.3, 0.4) is 0 Å². The number of hydrogen-bond donors (Lipinski definition) is 1. The minimum absolute atomic E-state index is 0.163. The molecule has 4 atom stereocenters. The molecule has 3 nitrogen and oxygen atoms in total. The van der Waals surface area contributed by atoms with Crippen molar-refractivity contribution in [2.45, 2.75) is 58.0 Å². The van der Waals surface area contributed by atoms with Gasteiger partial charge >= 0.3 is 0 Å². The zero-order valence-corrected chi connectivity index (χ0v) is 9.90. The molecular formula is C12H22O3. The number of aliphatic hydroxyl groups excluding tert-OH is 1. The Morgan fingerprint density at radius 3 is 2.47 bits per heavy atom. The molecule has 3 heteroatoms. The fourth-order valence-electron chi connectivity index (χ4n) is 2.60. The Morgan fingerprint density at radius 2 is 1.93 bits per heavy atom. The second-order valence-electron chi connectivity index (χ2n) is 5.42. The number of hydrogen-bond acceptors (Lipinski definition) is 3. The van der Waals surface area contributed by atoms with E-state index in [9.17, 15) is 0 Å². The minimum Gasteiger partial charge on any atom is -0.396 e. The van der Waals surface area contributed by atoms with Gasteiger partial charge in [-0.2, -0.15) is 0 Å². The lowest BCUT2D eigenvalue weighted by atomic mass is 10.0. The zero-order chi connectivity index (χ0) is 11.1. The number of rotatable bonds is 3. The first-order valence-electron chi connectivity index (χ1n) is 5.98. The van der Waals surface area contributed by atoms with E-state index in [2.05, 4.69) is 6.92 Å². The van der Waals surface area contributed by atoms with Gasteiger partial charge in [-0.3, -0.25) is 0 Å². The lowest BCUT2D eigenvalue weighted by Gasteiger charge is -2.41. The Hall–Kier alpha value is -0.120. The maximum atomic E-state index is 8.96. The van der Waals surface area contributed by atoms with Crippen molar-refractivity contribution < 1.29 is 14.6 Å². The second-order valence-corrected chi connectivity index (χ2v) is 5.42. The highest BCUT2D eigenvalue weighted by molar-refractivity contribution is 4.92. The molecular weight excluding hydrogens is 192 g/mol. The summed E-state index contributed by atoms with van der Waals surface area (Å²) in [7, 11) is 0. The average Bonchev–Trinajstić information content (AvgIpc) is 2.80. The van der Waals surface area contributed by atoms with E-state index < -0.39 is 5.79 Å². The molecule has 2 rings (SSSR count). The Kier molecular flexibility index (Phi) is 3.06.